The zero-order chi connectivity index (χ0) is 11.1. The highest BCUT2D eigenvalue weighted by molar-refractivity contribution is 5.51. The number of rotatable bonds is 6. The highest BCUT2D eigenvalue weighted by Gasteiger charge is 2.01. The molecular formula is C12H20N2O. The molecule has 84 valence electrons. The number of ether oxygens (including phenoxy) is 1. The molecule has 0 atom stereocenters. The molecule has 3 nitrogen and oxygen atoms in total. The fourth-order valence-corrected chi connectivity index (χ4v) is 1.44. The molecule has 2 N–H and O–H groups in total. The highest BCUT2D eigenvalue weighted by Crippen LogP contribution is 2.19. The summed E-state index contributed by atoms with van der Waals surface area (Å²) in [6.45, 7) is 8.06. The summed E-state index contributed by atoms with van der Waals surface area (Å²) in [5.74, 6) is 0.782. The van der Waals surface area contributed by atoms with Crippen molar-refractivity contribution in [2.24, 2.45) is 0 Å². The standard InChI is InChI=1S/C12H20N2O/c1-3-14(4-2)9-10-15-12-8-6-5-7-11(12)13/h5-8H,3-4,9-10,13H2,1-2H3. The predicted octanol–water partition coefficient (Wildman–Crippen LogP) is 1.99. The Bertz CT molecular complexity index is 285. The summed E-state index contributed by atoms with van der Waals surface area (Å²) in [5.41, 5.74) is 6.47. The lowest BCUT2D eigenvalue weighted by Crippen LogP contribution is -2.28. The van der Waals surface area contributed by atoms with E-state index in [1.165, 1.54) is 0 Å². The van der Waals surface area contributed by atoms with Crippen molar-refractivity contribution < 1.29 is 4.74 Å². The molecular weight excluding hydrogens is 188 g/mol. The van der Waals surface area contributed by atoms with Gasteiger partial charge in [0.25, 0.3) is 0 Å². The van der Waals surface area contributed by atoms with E-state index in [0.717, 1.165) is 25.4 Å². The molecule has 0 saturated carbocycles. The molecule has 0 saturated heterocycles. The molecule has 0 fully saturated rings. The zero-order valence-electron chi connectivity index (χ0n) is 9.57. The molecule has 0 amide bonds. The number of anilines is 1. The molecule has 0 unspecified atom stereocenters. The first kappa shape index (κ1) is 11.9. The minimum Gasteiger partial charge on any atom is -0.490 e. The van der Waals surface area contributed by atoms with Gasteiger partial charge in [-0.1, -0.05) is 26.0 Å². The number of benzene rings is 1. The fraction of sp³-hybridized carbons (Fsp3) is 0.500. The van der Waals surface area contributed by atoms with Gasteiger partial charge in [-0.15, -0.1) is 0 Å². The van der Waals surface area contributed by atoms with Crippen LogP contribution >= 0.6 is 0 Å². The summed E-state index contributed by atoms with van der Waals surface area (Å²) in [6.07, 6.45) is 0. The van der Waals surface area contributed by atoms with Crippen LogP contribution in [0.5, 0.6) is 5.75 Å². The molecule has 1 rings (SSSR count). The molecule has 3 heteroatoms. The van der Waals surface area contributed by atoms with E-state index in [4.69, 9.17) is 10.5 Å². The molecule has 0 radical (unpaired) electrons. The molecule has 0 aliphatic heterocycles. The summed E-state index contributed by atoms with van der Waals surface area (Å²) >= 11 is 0. The SMILES string of the molecule is CCN(CC)CCOc1ccccc1N. The third kappa shape index (κ3) is 3.80. The zero-order valence-corrected chi connectivity index (χ0v) is 9.57. The second-order valence-corrected chi connectivity index (χ2v) is 3.41. The van der Waals surface area contributed by atoms with Crippen LogP contribution < -0.4 is 10.5 Å². The van der Waals surface area contributed by atoms with E-state index < -0.39 is 0 Å². The largest absolute Gasteiger partial charge is 0.490 e. The maximum Gasteiger partial charge on any atom is 0.142 e. The third-order valence-corrected chi connectivity index (χ3v) is 2.48. The summed E-state index contributed by atoms with van der Waals surface area (Å²) in [6, 6.07) is 7.60. The van der Waals surface area contributed by atoms with Crippen molar-refractivity contribution in [3.05, 3.63) is 24.3 Å². The van der Waals surface area contributed by atoms with E-state index in [2.05, 4.69) is 18.7 Å². The first-order valence-corrected chi connectivity index (χ1v) is 5.47. The Labute approximate surface area is 91.8 Å². The summed E-state index contributed by atoms with van der Waals surface area (Å²) in [7, 11) is 0. The Balaban J connectivity index is 2.34. The molecule has 0 spiro atoms. The van der Waals surface area contributed by atoms with E-state index in [1.807, 2.05) is 24.3 Å². The predicted molar refractivity (Wildman–Crippen MR) is 64.1 cm³/mol. The van der Waals surface area contributed by atoms with Gasteiger partial charge in [-0.2, -0.15) is 0 Å². The summed E-state index contributed by atoms with van der Waals surface area (Å²) in [4.78, 5) is 2.32. The average molecular weight is 208 g/mol. The van der Waals surface area contributed by atoms with Crippen molar-refractivity contribution >= 4 is 5.69 Å². The van der Waals surface area contributed by atoms with Gasteiger partial charge in [-0.05, 0) is 25.2 Å². The van der Waals surface area contributed by atoms with Gasteiger partial charge in [0.2, 0.25) is 0 Å². The maximum absolute atomic E-state index is 5.76. The van der Waals surface area contributed by atoms with Crippen LogP contribution in [-0.2, 0) is 0 Å². The van der Waals surface area contributed by atoms with Crippen LogP contribution in [0.1, 0.15) is 13.8 Å². The van der Waals surface area contributed by atoms with Crippen molar-refractivity contribution in [3.8, 4) is 5.75 Å². The normalized spacial score (nSPS) is 10.6. The van der Waals surface area contributed by atoms with Gasteiger partial charge in [0.1, 0.15) is 12.4 Å². The molecule has 15 heavy (non-hydrogen) atoms. The third-order valence-electron chi connectivity index (χ3n) is 2.48. The number of likely N-dealkylation sites (N-methyl/N-ethyl adjacent to an activating group) is 1. The highest BCUT2D eigenvalue weighted by atomic mass is 16.5. The molecule has 0 heterocycles. The van der Waals surface area contributed by atoms with E-state index in [9.17, 15) is 0 Å². The summed E-state index contributed by atoms with van der Waals surface area (Å²) in [5, 5.41) is 0. The molecule has 0 aliphatic carbocycles. The molecule has 0 bridgehead atoms. The van der Waals surface area contributed by atoms with E-state index in [-0.39, 0.29) is 0 Å². The lowest BCUT2D eigenvalue weighted by molar-refractivity contribution is 0.223. The van der Waals surface area contributed by atoms with Crippen molar-refractivity contribution in [1.29, 1.82) is 0 Å². The van der Waals surface area contributed by atoms with Crippen LogP contribution in [0, 0.1) is 0 Å². The van der Waals surface area contributed by atoms with E-state index >= 15 is 0 Å². The number of nitrogens with two attached hydrogens (primary N) is 1. The monoisotopic (exact) mass is 208 g/mol. The van der Waals surface area contributed by atoms with Crippen LogP contribution in [0.25, 0.3) is 0 Å². The van der Waals surface area contributed by atoms with Gasteiger partial charge in [-0.3, -0.25) is 0 Å². The summed E-state index contributed by atoms with van der Waals surface area (Å²) < 4.78 is 5.60. The number of hydrogen-bond acceptors (Lipinski definition) is 3. The fourth-order valence-electron chi connectivity index (χ4n) is 1.44. The molecule has 0 aliphatic rings. The lowest BCUT2D eigenvalue weighted by Gasteiger charge is -2.18. The van der Waals surface area contributed by atoms with Crippen LogP contribution in [-0.4, -0.2) is 31.1 Å². The van der Waals surface area contributed by atoms with Gasteiger partial charge in [0.15, 0.2) is 0 Å². The number of para-hydroxylation sites is 2. The minimum absolute atomic E-state index is 0.690. The Morgan fingerprint density at radius 3 is 2.47 bits per heavy atom. The van der Waals surface area contributed by atoms with Gasteiger partial charge in [-0.25, -0.2) is 0 Å². The minimum atomic E-state index is 0.690. The molecule has 1 aromatic carbocycles. The lowest BCUT2D eigenvalue weighted by atomic mass is 10.3. The number of hydrogen-bond donors (Lipinski definition) is 1. The molecule has 0 aromatic heterocycles. The molecule has 1 aromatic rings. The first-order chi connectivity index (χ1) is 7.27. The Morgan fingerprint density at radius 2 is 1.87 bits per heavy atom. The van der Waals surface area contributed by atoms with Crippen LogP contribution in [0.15, 0.2) is 24.3 Å². The second-order valence-electron chi connectivity index (χ2n) is 3.41. The van der Waals surface area contributed by atoms with Crippen molar-refractivity contribution in [2.75, 3.05) is 32.0 Å². The van der Waals surface area contributed by atoms with E-state index in [0.29, 0.717) is 12.3 Å². The number of nitrogens with zero attached hydrogens (tertiary/aromatic N) is 1. The van der Waals surface area contributed by atoms with Gasteiger partial charge in [0.05, 0.1) is 5.69 Å². The van der Waals surface area contributed by atoms with Gasteiger partial charge < -0.3 is 15.4 Å². The van der Waals surface area contributed by atoms with Crippen LogP contribution in [0.2, 0.25) is 0 Å². The topological polar surface area (TPSA) is 38.5 Å². The number of nitrogen functional groups attached to an aromatic ring is 1. The maximum atomic E-state index is 5.76. The van der Waals surface area contributed by atoms with Crippen molar-refractivity contribution in [1.82, 2.24) is 4.90 Å². The second kappa shape index (κ2) is 6.30. The Hall–Kier alpha value is -1.22. The Kier molecular flexibility index (Phi) is 4.98. The van der Waals surface area contributed by atoms with Crippen molar-refractivity contribution in [2.45, 2.75) is 13.8 Å². The first-order valence-electron chi connectivity index (χ1n) is 5.47. The van der Waals surface area contributed by atoms with Crippen LogP contribution in [0.4, 0.5) is 5.69 Å². The van der Waals surface area contributed by atoms with Crippen molar-refractivity contribution in [3.63, 3.8) is 0 Å². The Morgan fingerprint density at radius 1 is 1.20 bits per heavy atom. The van der Waals surface area contributed by atoms with Gasteiger partial charge >= 0.3 is 0 Å². The van der Waals surface area contributed by atoms with E-state index in [1.54, 1.807) is 0 Å². The van der Waals surface area contributed by atoms with Crippen LogP contribution in [0.3, 0.4) is 0 Å². The van der Waals surface area contributed by atoms with Gasteiger partial charge in [0, 0.05) is 6.54 Å². The smallest absolute Gasteiger partial charge is 0.142 e. The average Bonchev–Trinajstić information content (AvgIpc) is 2.27. The quantitative estimate of drug-likeness (QED) is 0.727.